The van der Waals surface area contributed by atoms with Crippen LogP contribution in [0.1, 0.15) is 69.6 Å². The minimum atomic E-state index is -1.29. The first kappa shape index (κ1) is 34.2. The van der Waals surface area contributed by atoms with Gasteiger partial charge >= 0.3 is 5.97 Å². The highest BCUT2D eigenvalue weighted by Gasteiger charge is 2.28. The van der Waals surface area contributed by atoms with Gasteiger partial charge in [-0.05, 0) is 82.9 Å². The molecule has 0 radical (unpaired) electrons. The van der Waals surface area contributed by atoms with Crippen LogP contribution in [0.5, 0.6) is 0 Å². The lowest BCUT2D eigenvalue weighted by Gasteiger charge is -2.24. The van der Waals surface area contributed by atoms with Crippen LogP contribution in [0.25, 0.3) is 22.0 Å². The highest BCUT2D eigenvalue weighted by Crippen LogP contribution is 2.40. The van der Waals surface area contributed by atoms with E-state index in [1.807, 2.05) is 6.07 Å². The minimum absolute atomic E-state index is 0.0541. The molecule has 1 unspecified atom stereocenters. The van der Waals surface area contributed by atoms with Crippen molar-refractivity contribution in [3.63, 3.8) is 0 Å². The number of halogens is 3. The van der Waals surface area contributed by atoms with E-state index in [1.54, 1.807) is 70.8 Å². The Kier molecular flexibility index (Phi) is 10.2. The van der Waals surface area contributed by atoms with Gasteiger partial charge < -0.3 is 9.84 Å². The topological polar surface area (TPSA) is 94.3 Å². The van der Waals surface area contributed by atoms with Crippen molar-refractivity contribution in [3.8, 4) is 23.0 Å². The molecule has 45 heavy (non-hydrogen) atoms. The van der Waals surface area contributed by atoms with Crippen molar-refractivity contribution < 1.29 is 27.6 Å². The zero-order chi connectivity index (χ0) is 33.3. The second-order valence-electron chi connectivity index (χ2n) is 12.5. The Morgan fingerprint density at radius 1 is 1.09 bits per heavy atom. The number of benzene rings is 2. The van der Waals surface area contributed by atoms with Gasteiger partial charge in [-0.25, -0.2) is 13.8 Å². The molecule has 11 heteroatoms. The molecule has 7 nitrogen and oxygen atoms in total. The van der Waals surface area contributed by atoms with E-state index < -0.39 is 45.5 Å². The average molecular weight is 656 g/mol. The number of esters is 1. The minimum Gasteiger partial charge on any atom is -0.460 e. The summed E-state index contributed by atoms with van der Waals surface area (Å²) in [6.07, 6.45) is 1.49. The van der Waals surface area contributed by atoms with Crippen molar-refractivity contribution in [1.29, 1.82) is 0 Å². The summed E-state index contributed by atoms with van der Waals surface area (Å²) in [5, 5.41) is 15.9. The van der Waals surface area contributed by atoms with E-state index in [0.717, 1.165) is 6.07 Å². The van der Waals surface area contributed by atoms with E-state index in [9.17, 15) is 22.9 Å². The molecule has 4 aromatic rings. The van der Waals surface area contributed by atoms with Crippen LogP contribution in [-0.4, -0.2) is 47.5 Å². The van der Waals surface area contributed by atoms with Gasteiger partial charge in [0.25, 0.3) is 0 Å². The first-order chi connectivity index (χ1) is 20.9. The molecule has 0 saturated carbocycles. The molecule has 0 aliphatic carbocycles. The number of carbonyl (C=O) groups is 1. The van der Waals surface area contributed by atoms with Gasteiger partial charge in [0.05, 0.1) is 34.1 Å². The Labute approximate surface area is 269 Å². The van der Waals surface area contributed by atoms with E-state index in [4.69, 9.17) is 21.3 Å². The largest absolute Gasteiger partial charge is 0.460 e. The summed E-state index contributed by atoms with van der Waals surface area (Å²) in [5.41, 5.74) is 1.56. The van der Waals surface area contributed by atoms with E-state index in [0.29, 0.717) is 49.7 Å². The van der Waals surface area contributed by atoms with Crippen molar-refractivity contribution in [2.75, 3.05) is 6.26 Å². The quantitative estimate of drug-likeness (QED) is 0.169. The molecule has 2 aromatic heterocycles. The molecular weight excluding hydrogens is 620 g/mol. The maximum atomic E-state index is 14.3. The highest BCUT2D eigenvalue weighted by molar-refractivity contribution is 7.83. The predicted octanol–water partition coefficient (Wildman–Crippen LogP) is 6.63. The molecule has 0 spiro atoms. The number of fused-ring (bicyclic) bond motifs is 1. The van der Waals surface area contributed by atoms with Crippen molar-refractivity contribution >= 4 is 39.3 Å². The van der Waals surface area contributed by atoms with Gasteiger partial charge in [-0.2, -0.15) is 5.10 Å². The molecule has 0 saturated heterocycles. The monoisotopic (exact) mass is 655 g/mol. The number of nitrogens with zero attached hydrogens (tertiary/aromatic N) is 3. The van der Waals surface area contributed by atoms with Crippen LogP contribution in [0, 0.1) is 23.5 Å². The van der Waals surface area contributed by atoms with Crippen molar-refractivity contribution in [3.05, 3.63) is 81.8 Å². The van der Waals surface area contributed by atoms with Gasteiger partial charge in [-0.3, -0.25) is 13.7 Å². The van der Waals surface area contributed by atoms with Crippen LogP contribution in [-0.2, 0) is 39.6 Å². The van der Waals surface area contributed by atoms with Gasteiger partial charge in [0, 0.05) is 52.6 Å². The van der Waals surface area contributed by atoms with Crippen LogP contribution < -0.4 is 0 Å². The highest BCUT2D eigenvalue weighted by atomic mass is 35.5. The van der Waals surface area contributed by atoms with Crippen molar-refractivity contribution in [2.45, 2.75) is 70.3 Å². The smallest absolute Gasteiger partial charge is 0.306 e. The number of hydrogen-bond donors (Lipinski definition) is 1. The number of aromatic nitrogens is 3. The van der Waals surface area contributed by atoms with E-state index in [2.05, 4.69) is 16.9 Å². The van der Waals surface area contributed by atoms with Gasteiger partial charge in [0.1, 0.15) is 28.5 Å². The molecule has 2 aromatic carbocycles. The van der Waals surface area contributed by atoms with Crippen LogP contribution in [0.3, 0.4) is 0 Å². The molecule has 4 rings (SSSR count). The Morgan fingerprint density at radius 3 is 2.33 bits per heavy atom. The van der Waals surface area contributed by atoms with E-state index in [-0.39, 0.29) is 18.6 Å². The Hall–Kier alpha value is -3.65. The molecule has 1 N–H and O–H groups in total. The lowest BCUT2D eigenvalue weighted by atomic mass is 9.87. The molecule has 0 amide bonds. The molecule has 238 valence electrons. The first-order valence-corrected chi connectivity index (χ1v) is 16.4. The van der Waals surface area contributed by atoms with Gasteiger partial charge in [0.2, 0.25) is 0 Å². The molecule has 0 aliphatic rings. The number of pyridine rings is 1. The number of rotatable bonds is 8. The lowest BCUT2D eigenvalue weighted by molar-refractivity contribution is -0.155. The zero-order valence-electron chi connectivity index (χ0n) is 26.3. The molecule has 0 bridgehead atoms. The third kappa shape index (κ3) is 8.97. The summed E-state index contributed by atoms with van der Waals surface area (Å²) in [6, 6.07) is 10.3. The van der Waals surface area contributed by atoms with Crippen LogP contribution in [0.4, 0.5) is 8.78 Å². The van der Waals surface area contributed by atoms with Crippen LogP contribution in [0.15, 0.2) is 42.5 Å². The second kappa shape index (κ2) is 13.4. The second-order valence-corrected chi connectivity index (χ2v) is 14.4. The third-order valence-electron chi connectivity index (χ3n) is 6.69. The summed E-state index contributed by atoms with van der Waals surface area (Å²) in [5.74, 6) is 3.15. The number of ether oxygens (including phenoxy) is 1. The van der Waals surface area contributed by atoms with E-state index in [1.165, 1.54) is 12.1 Å². The third-order valence-corrected chi connectivity index (χ3v) is 7.68. The molecule has 0 fully saturated rings. The lowest BCUT2D eigenvalue weighted by Crippen LogP contribution is -2.25. The molecule has 0 aliphatic heterocycles. The summed E-state index contributed by atoms with van der Waals surface area (Å²) < 4.78 is 48.1. The number of aryl methyl sites for hydroxylation is 1. The Bertz CT molecular complexity index is 1830. The maximum absolute atomic E-state index is 14.3. The van der Waals surface area contributed by atoms with Crippen molar-refractivity contribution in [2.24, 2.45) is 7.05 Å². The number of carbonyl (C=O) groups excluding carboxylic acids is 1. The SMILES string of the molecule is Cn1nc(CS(C)=O)c2c(Cl)ccc(-c3ccc(C#CC(C)(C)O)nc3[C@@H](CC(=O)OC(C)(C)C)Cc3cc(F)cc(F)c3)c21. The molecular formula is C34H36ClF2N3O4S. The predicted molar refractivity (Wildman–Crippen MR) is 173 cm³/mol. The summed E-state index contributed by atoms with van der Waals surface area (Å²) >= 11 is 6.66. The van der Waals surface area contributed by atoms with Crippen LogP contribution in [0.2, 0.25) is 5.02 Å². The standard InChI is InChI=1S/C34H36ClF2N3O4S/c1-33(2,3)44-29(41)17-21(14-20-15-22(36)18-23(37)16-20)31-25(9-8-24(38-31)12-13-34(4,5)42)26-10-11-27(35)30-28(19-45(7)43)39-40(6)32(26)30/h8-11,15-16,18,21,42H,14,17,19H2,1-7H3/t21-,45?/m1/s1. The fraction of sp³-hybridized carbons (Fsp3) is 0.382. The van der Waals surface area contributed by atoms with Gasteiger partial charge in [0.15, 0.2) is 0 Å². The maximum Gasteiger partial charge on any atom is 0.306 e. The fourth-order valence-corrected chi connectivity index (χ4v) is 5.98. The molecule has 2 atom stereocenters. The Morgan fingerprint density at radius 2 is 1.73 bits per heavy atom. The Balaban J connectivity index is 2.00. The van der Waals surface area contributed by atoms with Gasteiger partial charge in [-0.15, -0.1) is 0 Å². The average Bonchev–Trinajstić information content (AvgIpc) is 3.21. The number of hydrogen-bond acceptors (Lipinski definition) is 6. The normalized spacial score (nSPS) is 13.3. The molecule has 2 heterocycles. The number of aliphatic hydroxyl groups is 1. The summed E-state index contributed by atoms with van der Waals surface area (Å²) in [4.78, 5) is 18.1. The summed E-state index contributed by atoms with van der Waals surface area (Å²) in [6.45, 7) is 8.37. The van der Waals surface area contributed by atoms with E-state index >= 15 is 0 Å². The van der Waals surface area contributed by atoms with Crippen molar-refractivity contribution in [1.82, 2.24) is 14.8 Å². The van der Waals surface area contributed by atoms with Crippen LogP contribution >= 0.6 is 11.6 Å². The first-order valence-electron chi connectivity index (χ1n) is 14.3. The summed E-state index contributed by atoms with van der Waals surface area (Å²) in [7, 11) is 0.578. The fourth-order valence-electron chi connectivity index (χ4n) is 5.13. The van der Waals surface area contributed by atoms with Gasteiger partial charge in [-0.1, -0.05) is 23.6 Å². The zero-order valence-corrected chi connectivity index (χ0v) is 27.9.